The lowest BCUT2D eigenvalue weighted by Gasteiger charge is -2.17. The van der Waals surface area contributed by atoms with Gasteiger partial charge in [-0.25, -0.2) is 13.1 Å². The van der Waals surface area contributed by atoms with Crippen LogP contribution in [-0.2, 0) is 10.0 Å². The maximum Gasteiger partial charge on any atom is 0.240 e. The Labute approximate surface area is 148 Å². The first-order chi connectivity index (χ1) is 12.1. The van der Waals surface area contributed by atoms with Gasteiger partial charge < -0.3 is 9.47 Å². The highest BCUT2D eigenvalue weighted by molar-refractivity contribution is 7.89. The van der Waals surface area contributed by atoms with E-state index in [0.29, 0.717) is 29.9 Å². The van der Waals surface area contributed by atoms with E-state index >= 15 is 0 Å². The quantitative estimate of drug-likeness (QED) is 0.824. The molecule has 1 atom stereocenters. The van der Waals surface area contributed by atoms with E-state index in [0.717, 1.165) is 6.42 Å². The van der Waals surface area contributed by atoms with Crippen LogP contribution in [0.4, 0.5) is 0 Å². The average molecular weight is 359 g/mol. The minimum Gasteiger partial charge on any atom is -0.454 e. The molecule has 0 radical (unpaired) electrons. The largest absolute Gasteiger partial charge is 0.454 e. The minimum absolute atomic E-state index is 0.131. The molecule has 0 bridgehead atoms. The maximum absolute atomic E-state index is 12.5. The molecular formula is C19H21NO4S. The molecule has 1 saturated carbocycles. The lowest BCUT2D eigenvalue weighted by atomic mass is 9.91. The fourth-order valence-corrected chi connectivity index (χ4v) is 4.41. The number of fused-ring (bicyclic) bond motifs is 1. The van der Waals surface area contributed by atoms with Gasteiger partial charge in [-0.1, -0.05) is 30.3 Å². The zero-order chi connectivity index (χ0) is 17.3. The molecule has 4 rings (SSSR count). The van der Waals surface area contributed by atoms with Crippen LogP contribution in [0.1, 0.15) is 30.7 Å². The van der Waals surface area contributed by atoms with Crippen LogP contribution in [0.3, 0.4) is 0 Å². The fraction of sp³-hybridized carbons (Fsp3) is 0.368. The zero-order valence-corrected chi connectivity index (χ0v) is 14.7. The van der Waals surface area contributed by atoms with Crippen LogP contribution in [0, 0.1) is 5.92 Å². The van der Waals surface area contributed by atoms with Crippen molar-refractivity contribution in [3.63, 3.8) is 0 Å². The molecule has 0 amide bonds. The molecule has 5 nitrogen and oxygen atoms in total. The molecule has 1 N–H and O–H groups in total. The summed E-state index contributed by atoms with van der Waals surface area (Å²) in [7, 11) is -3.55. The molecule has 1 aliphatic carbocycles. The summed E-state index contributed by atoms with van der Waals surface area (Å²) in [5, 5.41) is 0. The zero-order valence-electron chi connectivity index (χ0n) is 13.9. The Balaban J connectivity index is 1.41. The van der Waals surface area contributed by atoms with Crippen molar-refractivity contribution < 1.29 is 17.9 Å². The summed E-state index contributed by atoms with van der Waals surface area (Å²) >= 11 is 0. The Kier molecular flexibility index (Phi) is 4.39. The predicted molar refractivity (Wildman–Crippen MR) is 94.3 cm³/mol. The van der Waals surface area contributed by atoms with Crippen molar-refractivity contribution in [2.24, 2.45) is 5.92 Å². The SMILES string of the molecule is O=S(=O)(NCCC(c1ccccc1)C1CC1)c1ccc2c(c1)OCO2. The van der Waals surface area contributed by atoms with Crippen molar-refractivity contribution in [1.82, 2.24) is 4.72 Å². The van der Waals surface area contributed by atoms with Crippen LogP contribution in [0.25, 0.3) is 0 Å². The van der Waals surface area contributed by atoms with E-state index in [2.05, 4.69) is 16.9 Å². The molecule has 1 aliphatic heterocycles. The van der Waals surface area contributed by atoms with Gasteiger partial charge in [0.25, 0.3) is 0 Å². The van der Waals surface area contributed by atoms with Crippen molar-refractivity contribution in [2.75, 3.05) is 13.3 Å². The maximum atomic E-state index is 12.5. The first-order valence-electron chi connectivity index (χ1n) is 8.58. The third-order valence-electron chi connectivity index (χ3n) is 4.82. The van der Waals surface area contributed by atoms with Gasteiger partial charge in [-0.2, -0.15) is 0 Å². The molecule has 2 aromatic carbocycles. The lowest BCUT2D eigenvalue weighted by Crippen LogP contribution is -2.26. The van der Waals surface area contributed by atoms with Crippen LogP contribution in [0.15, 0.2) is 53.4 Å². The summed E-state index contributed by atoms with van der Waals surface area (Å²) in [4.78, 5) is 0.208. The second-order valence-electron chi connectivity index (χ2n) is 6.56. The van der Waals surface area contributed by atoms with E-state index in [1.165, 1.54) is 24.5 Å². The Morgan fingerprint density at radius 2 is 1.80 bits per heavy atom. The molecule has 6 heteroatoms. The first kappa shape index (κ1) is 16.4. The van der Waals surface area contributed by atoms with Gasteiger partial charge in [0.05, 0.1) is 4.90 Å². The molecule has 2 aromatic rings. The van der Waals surface area contributed by atoms with Gasteiger partial charge in [0.2, 0.25) is 16.8 Å². The second-order valence-corrected chi connectivity index (χ2v) is 8.32. The number of ether oxygens (including phenoxy) is 2. The van der Waals surface area contributed by atoms with E-state index in [9.17, 15) is 8.42 Å². The van der Waals surface area contributed by atoms with E-state index in [4.69, 9.17) is 9.47 Å². The molecule has 1 fully saturated rings. The van der Waals surface area contributed by atoms with Crippen molar-refractivity contribution in [3.05, 3.63) is 54.1 Å². The van der Waals surface area contributed by atoms with Crippen molar-refractivity contribution in [1.29, 1.82) is 0 Å². The fourth-order valence-electron chi connectivity index (χ4n) is 3.35. The summed E-state index contributed by atoms with van der Waals surface area (Å²) < 4.78 is 38.3. The van der Waals surface area contributed by atoms with Crippen LogP contribution in [0.2, 0.25) is 0 Å². The average Bonchev–Trinajstić information content (AvgIpc) is 3.35. The molecule has 0 saturated heterocycles. The van der Waals surface area contributed by atoms with Gasteiger partial charge in [-0.05, 0) is 48.8 Å². The smallest absolute Gasteiger partial charge is 0.240 e. The Morgan fingerprint density at radius 1 is 1.04 bits per heavy atom. The molecular weight excluding hydrogens is 338 g/mol. The highest BCUT2D eigenvalue weighted by Gasteiger charge is 2.32. The summed E-state index contributed by atoms with van der Waals surface area (Å²) in [6.07, 6.45) is 3.27. The highest BCUT2D eigenvalue weighted by Crippen LogP contribution is 2.44. The van der Waals surface area contributed by atoms with Crippen LogP contribution in [-0.4, -0.2) is 21.8 Å². The van der Waals surface area contributed by atoms with Gasteiger partial charge in [-0.3, -0.25) is 0 Å². The molecule has 25 heavy (non-hydrogen) atoms. The summed E-state index contributed by atoms with van der Waals surface area (Å²) in [6.45, 7) is 0.555. The van der Waals surface area contributed by atoms with E-state index in [1.54, 1.807) is 12.1 Å². The van der Waals surface area contributed by atoms with Crippen LogP contribution >= 0.6 is 0 Å². The number of sulfonamides is 1. The topological polar surface area (TPSA) is 64.6 Å². The van der Waals surface area contributed by atoms with E-state index in [-0.39, 0.29) is 11.7 Å². The third-order valence-corrected chi connectivity index (χ3v) is 6.28. The number of hydrogen-bond acceptors (Lipinski definition) is 4. The summed E-state index contributed by atoms with van der Waals surface area (Å²) in [6, 6.07) is 15.1. The van der Waals surface area contributed by atoms with Crippen LogP contribution < -0.4 is 14.2 Å². The molecule has 1 heterocycles. The normalized spacial score (nSPS) is 17.4. The standard InChI is InChI=1S/C19H21NO4S/c21-25(22,16-8-9-18-19(12-16)24-13-23-18)20-11-10-17(15-6-7-15)14-4-2-1-3-5-14/h1-5,8-9,12,15,17,20H,6-7,10-11,13H2. The Morgan fingerprint density at radius 3 is 2.56 bits per heavy atom. The molecule has 2 aliphatic rings. The number of hydrogen-bond donors (Lipinski definition) is 1. The second kappa shape index (κ2) is 6.69. The first-order valence-corrected chi connectivity index (χ1v) is 10.1. The van der Waals surface area contributed by atoms with Gasteiger partial charge in [0.15, 0.2) is 11.5 Å². The van der Waals surface area contributed by atoms with E-state index in [1.807, 2.05) is 18.2 Å². The van der Waals surface area contributed by atoms with Crippen molar-refractivity contribution in [2.45, 2.75) is 30.1 Å². The minimum atomic E-state index is -3.55. The monoisotopic (exact) mass is 359 g/mol. The van der Waals surface area contributed by atoms with Gasteiger partial charge >= 0.3 is 0 Å². The lowest BCUT2D eigenvalue weighted by molar-refractivity contribution is 0.174. The highest BCUT2D eigenvalue weighted by atomic mass is 32.2. The van der Waals surface area contributed by atoms with Gasteiger partial charge in [0.1, 0.15) is 0 Å². The molecule has 0 aromatic heterocycles. The number of nitrogens with one attached hydrogen (secondary N) is 1. The summed E-state index contributed by atoms with van der Waals surface area (Å²) in [5.74, 6) is 2.15. The number of rotatable bonds is 7. The van der Waals surface area contributed by atoms with Crippen LogP contribution in [0.5, 0.6) is 11.5 Å². The van der Waals surface area contributed by atoms with Crippen molar-refractivity contribution >= 4 is 10.0 Å². The van der Waals surface area contributed by atoms with Gasteiger partial charge in [-0.15, -0.1) is 0 Å². The molecule has 0 spiro atoms. The van der Waals surface area contributed by atoms with Gasteiger partial charge in [0, 0.05) is 12.6 Å². The Hall–Kier alpha value is -2.05. The third kappa shape index (κ3) is 3.65. The summed E-state index contributed by atoms with van der Waals surface area (Å²) in [5.41, 5.74) is 1.30. The molecule has 132 valence electrons. The molecule has 1 unspecified atom stereocenters. The van der Waals surface area contributed by atoms with E-state index < -0.39 is 10.0 Å². The van der Waals surface area contributed by atoms with Crippen molar-refractivity contribution in [3.8, 4) is 11.5 Å². The predicted octanol–water partition coefficient (Wildman–Crippen LogP) is 3.28. The number of benzene rings is 2. The Bertz CT molecular complexity index is 847.